The van der Waals surface area contributed by atoms with E-state index in [2.05, 4.69) is 5.32 Å². The summed E-state index contributed by atoms with van der Waals surface area (Å²) in [7, 11) is 0. The number of imide groups is 1. The Bertz CT molecular complexity index is 237. The van der Waals surface area contributed by atoms with Crippen molar-refractivity contribution in [3.63, 3.8) is 0 Å². The molecule has 0 spiro atoms. The van der Waals surface area contributed by atoms with Gasteiger partial charge in [-0.05, 0) is 12.8 Å². The smallest absolute Gasteiger partial charge is 0.328 e. The Kier molecular flexibility index (Phi) is 3.36. The molecule has 0 radical (unpaired) electrons. The highest BCUT2D eigenvalue weighted by molar-refractivity contribution is 7.80. The van der Waals surface area contributed by atoms with Crippen molar-refractivity contribution in [3.8, 4) is 0 Å². The molecule has 0 aliphatic carbocycles. The average molecular weight is 200 g/mol. The number of carbonyl (C=O) groups excluding carboxylic acids is 2. The predicted molar refractivity (Wildman–Crippen MR) is 52.4 cm³/mol. The first kappa shape index (κ1) is 10.1. The van der Waals surface area contributed by atoms with Gasteiger partial charge >= 0.3 is 6.03 Å². The van der Waals surface area contributed by atoms with Crippen LogP contribution < -0.4 is 5.32 Å². The quantitative estimate of drug-likeness (QED) is 0.547. The molecule has 0 bridgehead atoms. The predicted octanol–water partition coefficient (Wildman–Crippen LogP) is 1.06. The van der Waals surface area contributed by atoms with E-state index in [1.54, 1.807) is 0 Å². The van der Waals surface area contributed by atoms with Crippen LogP contribution in [0.2, 0.25) is 0 Å². The first-order valence-electron chi connectivity index (χ1n) is 4.30. The molecule has 0 unspecified atom stereocenters. The Balaban J connectivity index is 2.54. The Morgan fingerprint density at radius 3 is 2.77 bits per heavy atom. The third-order valence-corrected chi connectivity index (χ3v) is 2.22. The van der Waals surface area contributed by atoms with Gasteiger partial charge in [-0.1, -0.05) is 25.6 Å². The van der Waals surface area contributed by atoms with Crippen molar-refractivity contribution in [2.45, 2.75) is 26.2 Å². The van der Waals surface area contributed by atoms with Crippen LogP contribution in [0.5, 0.6) is 0 Å². The number of thiocarbonyl (C=S) groups is 1. The van der Waals surface area contributed by atoms with Crippen LogP contribution in [0, 0.1) is 0 Å². The van der Waals surface area contributed by atoms with Gasteiger partial charge in [-0.25, -0.2) is 9.69 Å². The van der Waals surface area contributed by atoms with Crippen LogP contribution in [0.15, 0.2) is 0 Å². The summed E-state index contributed by atoms with van der Waals surface area (Å²) in [6, 6.07) is -0.383. The lowest BCUT2D eigenvalue weighted by atomic mass is 10.2. The summed E-state index contributed by atoms with van der Waals surface area (Å²) in [5, 5.41) is 2.43. The minimum Gasteiger partial charge on any atom is -0.328 e. The summed E-state index contributed by atoms with van der Waals surface area (Å²) in [5.41, 5.74) is 0. The zero-order valence-corrected chi connectivity index (χ0v) is 8.32. The summed E-state index contributed by atoms with van der Waals surface area (Å²) in [4.78, 5) is 23.7. The van der Waals surface area contributed by atoms with Crippen LogP contribution in [0.25, 0.3) is 0 Å². The normalized spacial score (nSPS) is 16.2. The van der Waals surface area contributed by atoms with Crippen molar-refractivity contribution in [1.29, 1.82) is 0 Å². The zero-order chi connectivity index (χ0) is 9.84. The number of unbranched alkanes of at least 4 members (excludes halogenated alkanes) is 1. The van der Waals surface area contributed by atoms with E-state index in [1.165, 1.54) is 0 Å². The molecule has 72 valence electrons. The van der Waals surface area contributed by atoms with E-state index >= 15 is 0 Å². The van der Waals surface area contributed by atoms with Crippen LogP contribution >= 0.6 is 12.2 Å². The van der Waals surface area contributed by atoms with Gasteiger partial charge in [0.25, 0.3) is 5.91 Å². The molecule has 1 N–H and O–H groups in total. The highest BCUT2D eigenvalue weighted by Crippen LogP contribution is 2.07. The van der Waals surface area contributed by atoms with E-state index in [0.717, 1.165) is 17.7 Å². The molecular weight excluding hydrogens is 188 g/mol. The first-order chi connectivity index (χ1) is 6.16. The fraction of sp³-hybridized carbons (Fsp3) is 0.625. The standard InChI is InChI=1S/C8H12N2O2S/c1-2-3-4-7(13)10-6(11)5-9-8(10)12/h2-5H2,1H3,(H,9,12). The maximum Gasteiger partial charge on any atom is 0.329 e. The van der Waals surface area contributed by atoms with Crippen LogP contribution in [0.3, 0.4) is 0 Å². The van der Waals surface area contributed by atoms with Crippen molar-refractivity contribution >= 4 is 29.1 Å². The Morgan fingerprint density at radius 1 is 1.62 bits per heavy atom. The lowest BCUT2D eigenvalue weighted by Crippen LogP contribution is -2.35. The maximum atomic E-state index is 11.1. The monoisotopic (exact) mass is 200 g/mol. The van der Waals surface area contributed by atoms with Crippen LogP contribution in [-0.4, -0.2) is 28.4 Å². The van der Waals surface area contributed by atoms with Crippen molar-refractivity contribution in [1.82, 2.24) is 10.2 Å². The second-order valence-corrected chi connectivity index (χ2v) is 3.36. The number of nitrogens with zero attached hydrogens (tertiary/aromatic N) is 1. The van der Waals surface area contributed by atoms with Gasteiger partial charge in [0.1, 0.15) is 0 Å². The second-order valence-electron chi connectivity index (χ2n) is 2.89. The fourth-order valence-corrected chi connectivity index (χ4v) is 1.44. The molecule has 0 atom stereocenters. The van der Waals surface area contributed by atoms with Gasteiger partial charge in [0.15, 0.2) is 0 Å². The molecule has 1 saturated heterocycles. The SMILES string of the molecule is CCCCC(=S)N1C(=O)CNC1=O. The number of rotatable bonds is 3. The van der Waals surface area contributed by atoms with E-state index in [1.807, 2.05) is 6.92 Å². The van der Waals surface area contributed by atoms with Gasteiger partial charge in [0, 0.05) is 0 Å². The third kappa shape index (κ3) is 2.24. The molecule has 5 heteroatoms. The lowest BCUT2D eigenvalue weighted by Gasteiger charge is -2.12. The van der Waals surface area contributed by atoms with Crippen LogP contribution in [0.4, 0.5) is 4.79 Å². The van der Waals surface area contributed by atoms with Gasteiger partial charge in [-0.15, -0.1) is 0 Å². The molecule has 13 heavy (non-hydrogen) atoms. The van der Waals surface area contributed by atoms with E-state index in [0.29, 0.717) is 11.4 Å². The molecule has 3 amide bonds. The molecule has 0 saturated carbocycles. The highest BCUT2D eigenvalue weighted by Gasteiger charge is 2.31. The molecule has 1 heterocycles. The number of amides is 3. The molecule has 0 aromatic carbocycles. The molecule has 0 aromatic rings. The van der Waals surface area contributed by atoms with Crippen LogP contribution in [-0.2, 0) is 4.79 Å². The lowest BCUT2D eigenvalue weighted by molar-refractivity contribution is -0.122. The summed E-state index contributed by atoms with van der Waals surface area (Å²) < 4.78 is 0. The number of carbonyl (C=O) groups is 2. The van der Waals surface area contributed by atoms with Crippen molar-refractivity contribution in [2.75, 3.05) is 6.54 Å². The number of hydrogen-bond donors (Lipinski definition) is 1. The molecule has 1 fully saturated rings. The molecule has 4 nitrogen and oxygen atoms in total. The van der Waals surface area contributed by atoms with E-state index in [-0.39, 0.29) is 18.5 Å². The van der Waals surface area contributed by atoms with E-state index in [9.17, 15) is 9.59 Å². The summed E-state index contributed by atoms with van der Waals surface area (Å²) >= 11 is 4.98. The number of urea groups is 1. The zero-order valence-electron chi connectivity index (χ0n) is 7.50. The second kappa shape index (κ2) is 4.32. The van der Waals surface area contributed by atoms with Crippen LogP contribution in [0.1, 0.15) is 26.2 Å². The van der Waals surface area contributed by atoms with Gasteiger partial charge in [0.2, 0.25) is 0 Å². The van der Waals surface area contributed by atoms with Crippen molar-refractivity contribution in [2.24, 2.45) is 0 Å². The third-order valence-electron chi connectivity index (χ3n) is 1.84. The fourth-order valence-electron chi connectivity index (χ4n) is 1.11. The van der Waals surface area contributed by atoms with Crippen molar-refractivity contribution in [3.05, 3.63) is 0 Å². The van der Waals surface area contributed by atoms with Gasteiger partial charge in [0.05, 0.1) is 11.5 Å². The Labute approximate surface area is 82.3 Å². The number of nitrogens with one attached hydrogen (secondary N) is 1. The topological polar surface area (TPSA) is 49.4 Å². The average Bonchev–Trinajstić information content (AvgIpc) is 2.42. The summed E-state index contributed by atoms with van der Waals surface area (Å²) in [6.07, 6.45) is 2.55. The Hall–Kier alpha value is -0.970. The maximum absolute atomic E-state index is 11.1. The highest BCUT2D eigenvalue weighted by atomic mass is 32.1. The first-order valence-corrected chi connectivity index (χ1v) is 4.71. The van der Waals surface area contributed by atoms with Gasteiger partial charge in [-0.2, -0.15) is 0 Å². The van der Waals surface area contributed by atoms with Gasteiger partial charge in [-0.3, -0.25) is 4.79 Å². The largest absolute Gasteiger partial charge is 0.329 e. The summed E-state index contributed by atoms with van der Waals surface area (Å²) in [6.45, 7) is 2.11. The van der Waals surface area contributed by atoms with Crippen molar-refractivity contribution < 1.29 is 9.59 Å². The van der Waals surface area contributed by atoms with E-state index in [4.69, 9.17) is 12.2 Å². The summed E-state index contributed by atoms with van der Waals surface area (Å²) in [5.74, 6) is -0.244. The molecule has 0 aromatic heterocycles. The van der Waals surface area contributed by atoms with Gasteiger partial charge < -0.3 is 5.32 Å². The molecule has 1 aliphatic rings. The number of hydrogen-bond acceptors (Lipinski definition) is 3. The molecule has 1 aliphatic heterocycles. The Morgan fingerprint density at radius 2 is 2.31 bits per heavy atom. The minimum absolute atomic E-state index is 0.0745. The minimum atomic E-state index is -0.383. The van der Waals surface area contributed by atoms with E-state index < -0.39 is 0 Å². The molecular formula is C8H12N2O2S. The molecule has 1 rings (SSSR count).